The summed E-state index contributed by atoms with van der Waals surface area (Å²) in [6.45, 7) is -6.69. The highest BCUT2D eigenvalue weighted by atomic mass is 32.7. The minimum atomic E-state index is -4.37. The zero-order valence-electron chi connectivity index (χ0n) is 76.3. The zero-order valence-corrected chi connectivity index (χ0v) is 81.5. The minimum absolute atomic E-state index is 0.114. The quantitative estimate of drug-likeness (QED) is 0.0114. The van der Waals surface area contributed by atoms with E-state index in [9.17, 15) is 87.5 Å². The molecule has 0 saturated carbocycles. The van der Waals surface area contributed by atoms with Crippen LogP contribution in [0, 0.1) is 0 Å². The number of anilines is 3. The van der Waals surface area contributed by atoms with E-state index in [4.69, 9.17) is 115 Å². The molecule has 7 unspecified atom stereocenters. The first-order valence-electron chi connectivity index (χ1n) is 43.0. The van der Waals surface area contributed by atoms with Crippen LogP contribution in [0.2, 0.25) is 0 Å². The molecule has 141 heavy (non-hydrogen) atoms. The van der Waals surface area contributed by atoms with Crippen molar-refractivity contribution in [2.45, 2.75) is 208 Å². The average Bonchev–Trinajstić information content (AvgIpc) is 1.64. The summed E-state index contributed by atoms with van der Waals surface area (Å²) in [5.41, 5.74) is 17.5. The number of imidazole rings is 3. The normalized spacial score (nSPS) is 27.3. The molecule has 0 aromatic carbocycles. The highest BCUT2D eigenvalue weighted by Gasteiger charge is 2.55. The summed E-state index contributed by atoms with van der Waals surface area (Å²) in [7, 11) is 3.84. The maximum atomic E-state index is 14.2. The second-order valence-corrected chi connectivity index (χ2v) is 44.1. The standard InChI is InChI=1S/3C26H35N6O13PS/c3*1-13(2)42-26(37)40-12-47-46(38,45-21-16(9-33)44-24(22(21)39-3)31-7-5-18(35)30-25(31)36)41-10-17-15(34)8-19(43-17)32-11-29-20-14(27)4-6-28-23(20)32/h3*4-7,11,13,15-17,19,21-22,24,33-34H,8-10,12H2,1-3H3,(H2,27,28)(H,30,35,36)/t15?,16-,17-,19-,21?,22+,24-,46?;15?,16-,17-,19-,21?,22+,24-,46+;15?,16-,17-,19-,21?,22+,24-,46-/m111/s1. The molecule has 15 rings (SSSR count). The summed E-state index contributed by atoms with van der Waals surface area (Å²) in [5, 5.41) is 62.8. The van der Waals surface area contributed by atoms with Gasteiger partial charge in [-0.05, 0) is 59.7 Å². The Morgan fingerprint density at radius 3 is 0.901 bits per heavy atom. The van der Waals surface area contributed by atoms with Crippen LogP contribution in [0.5, 0.6) is 0 Å². The largest absolute Gasteiger partial charge is 0.509 e. The van der Waals surface area contributed by atoms with Gasteiger partial charge in [-0.3, -0.25) is 83.9 Å². The Labute approximate surface area is 807 Å². The second-order valence-electron chi connectivity index (χ2n) is 32.2. The molecule has 6 fully saturated rings. The Kier molecular flexibility index (Phi) is 37.0. The Balaban J connectivity index is 0.000000178. The average molecular weight is 2110 g/mol. The number of carbonyl (C=O) groups is 3. The summed E-state index contributed by atoms with van der Waals surface area (Å²) in [5.74, 6) is -1.61. The van der Waals surface area contributed by atoms with Crippen LogP contribution in [-0.4, -0.2) is 310 Å². The number of H-pyrrole nitrogens is 3. The van der Waals surface area contributed by atoms with E-state index < -0.39 is 277 Å². The van der Waals surface area contributed by atoms with Crippen LogP contribution in [0.4, 0.5) is 31.4 Å². The summed E-state index contributed by atoms with van der Waals surface area (Å²) >= 11 is 1.45. The van der Waals surface area contributed by atoms with E-state index in [1.807, 2.05) is 0 Å². The van der Waals surface area contributed by atoms with Crippen LogP contribution in [0.15, 0.2) is 121 Å². The van der Waals surface area contributed by atoms with Gasteiger partial charge in [0.05, 0.1) is 112 Å². The van der Waals surface area contributed by atoms with E-state index in [0.717, 1.165) is 31.9 Å². The molecule has 63 heteroatoms. The third kappa shape index (κ3) is 26.4. The van der Waals surface area contributed by atoms with Crippen molar-refractivity contribution >= 4 is 124 Å². The maximum absolute atomic E-state index is 14.2. The fraction of sp³-hybridized carbons (Fsp3) is 0.577. The van der Waals surface area contributed by atoms with E-state index in [0.29, 0.717) is 84.7 Å². The first kappa shape index (κ1) is 108. The molecule has 0 spiro atoms. The molecule has 6 saturated heterocycles. The Bertz CT molecular complexity index is 5740. The van der Waals surface area contributed by atoms with Crippen LogP contribution in [-0.2, 0) is 112 Å². The molecule has 0 radical (unpaired) electrons. The molecule has 57 nitrogen and oxygen atoms in total. The summed E-state index contributed by atoms with van der Waals surface area (Å²) in [4.78, 5) is 140. The third-order valence-corrected chi connectivity index (χ3v) is 31.7. The van der Waals surface area contributed by atoms with Crippen LogP contribution < -0.4 is 50.9 Å². The molecule has 24 atom stereocenters. The number of aromatic nitrogens is 15. The van der Waals surface area contributed by atoms with Crippen molar-refractivity contribution in [3.8, 4) is 0 Å². The van der Waals surface area contributed by atoms with Gasteiger partial charge in [0.1, 0.15) is 108 Å². The number of carbonyl (C=O) groups excluding carboxylic acids is 3. The zero-order chi connectivity index (χ0) is 102. The lowest BCUT2D eigenvalue weighted by Gasteiger charge is -2.28. The van der Waals surface area contributed by atoms with E-state index >= 15 is 0 Å². The van der Waals surface area contributed by atoms with Gasteiger partial charge >= 0.3 is 55.9 Å². The molecule has 0 bridgehead atoms. The number of nitrogens with one attached hydrogen (secondary N) is 3. The van der Waals surface area contributed by atoms with Gasteiger partial charge in [-0.2, -0.15) is 0 Å². The summed E-state index contributed by atoms with van der Waals surface area (Å²) < 4.78 is 168. The van der Waals surface area contributed by atoms with Crippen molar-refractivity contribution in [1.29, 1.82) is 0 Å². The number of fused-ring (bicyclic) bond motifs is 3. The van der Waals surface area contributed by atoms with Gasteiger partial charge in [0.2, 0.25) is 0 Å². The Hall–Kier alpha value is -9.99. The molecule has 15 N–H and O–H groups in total. The molecule has 9 aromatic rings. The van der Waals surface area contributed by atoms with Crippen molar-refractivity contribution in [2.24, 2.45) is 0 Å². The number of nitrogens with zero attached hydrogens (tertiary/aromatic N) is 12. The van der Waals surface area contributed by atoms with Gasteiger partial charge < -0.3 is 119 Å². The van der Waals surface area contributed by atoms with Crippen molar-refractivity contribution in [2.75, 3.05) is 96.0 Å². The van der Waals surface area contributed by atoms with Gasteiger partial charge in [-0.25, -0.2) is 72.4 Å². The topological polar surface area (TPSA) is 752 Å². The van der Waals surface area contributed by atoms with Crippen molar-refractivity contribution in [3.63, 3.8) is 0 Å². The van der Waals surface area contributed by atoms with Gasteiger partial charge in [0.15, 0.2) is 53.4 Å². The fourth-order valence-electron chi connectivity index (χ4n) is 15.2. The van der Waals surface area contributed by atoms with Gasteiger partial charge in [-0.15, -0.1) is 0 Å². The monoisotopic (exact) mass is 2110 g/mol. The number of hydrogen-bond donors (Lipinski definition) is 12. The lowest BCUT2D eigenvalue weighted by atomic mass is 10.1. The number of aliphatic hydroxyl groups is 6. The lowest BCUT2D eigenvalue weighted by Crippen LogP contribution is -2.39. The molecular formula is C78H105N18O39P3S3. The van der Waals surface area contributed by atoms with E-state index in [1.54, 1.807) is 73.4 Å². The number of aromatic amines is 3. The highest BCUT2D eigenvalue weighted by molar-refractivity contribution is 8.55. The van der Waals surface area contributed by atoms with Gasteiger partial charge in [-0.1, -0.05) is 0 Å². The number of ether oxygens (including phenoxy) is 15. The third-order valence-electron chi connectivity index (χ3n) is 21.7. The van der Waals surface area contributed by atoms with Gasteiger partial charge in [0.25, 0.3) is 16.7 Å². The van der Waals surface area contributed by atoms with Crippen molar-refractivity contribution in [3.05, 3.63) is 155 Å². The predicted molar refractivity (Wildman–Crippen MR) is 490 cm³/mol. The Morgan fingerprint density at radius 2 is 0.667 bits per heavy atom. The maximum Gasteiger partial charge on any atom is 0.509 e. The number of aliphatic hydroxyl groups excluding tert-OH is 6. The molecule has 0 amide bonds. The number of pyridine rings is 3. The smallest absolute Gasteiger partial charge is 0.432 e. The highest BCUT2D eigenvalue weighted by Crippen LogP contribution is 2.66. The van der Waals surface area contributed by atoms with Crippen LogP contribution in [0.3, 0.4) is 0 Å². The molecular weight excluding hydrogens is 2000 g/mol. The fourth-order valence-corrected chi connectivity index (χ4v) is 23.6. The number of nitrogen functional groups attached to an aromatic ring is 3. The second kappa shape index (κ2) is 48.1. The first-order valence-corrected chi connectivity index (χ1v) is 52.4. The first-order chi connectivity index (χ1) is 67.3. The molecule has 9 aromatic heterocycles. The van der Waals surface area contributed by atoms with Crippen LogP contribution in [0.1, 0.15) is 98.2 Å². The van der Waals surface area contributed by atoms with Gasteiger partial charge in [0, 0.05) is 130 Å². The number of methoxy groups -OCH3 is 3. The molecule has 0 aliphatic carbocycles. The van der Waals surface area contributed by atoms with Crippen molar-refractivity contribution < 1.29 is 157 Å². The van der Waals surface area contributed by atoms with E-state index in [-0.39, 0.29) is 19.3 Å². The minimum Gasteiger partial charge on any atom is -0.432 e. The van der Waals surface area contributed by atoms with E-state index in [2.05, 4.69) is 44.9 Å². The molecule has 6 aliphatic heterocycles. The van der Waals surface area contributed by atoms with Crippen molar-refractivity contribution in [1.82, 2.24) is 72.3 Å². The molecule has 774 valence electrons. The van der Waals surface area contributed by atoms with E-state index in [1.165, 1.54) is 77.5 Å². The number of hydrogen-bond acceptors (Lipinski definition) is 51. The summed E-state index contributed by atoms with van der Waals surface area (Å²) in [6, 6.07) is 8.09. The van der Waals surface area contributed by atoms with Crippen LogP contribution >= 0.6 is 54.5 Å². The lowest BCUT2D eigenvalue weighted by molar-refractivity contribution is -0.0625. The predicted octanol–water partition coefficient (Wildman–Crippen LogP) is 2.64. The number of rotatable bonds is 39. The summed E-state index contributed by atoms with van der Waals surface area (Å²) in [6.07, 6.45) is -14.5. The molecule has 6 aliphatic rings. The SMILES string of the molecule is CO[C@H]1C(OP(=O)(OC[C@H]2O[C@@H](n3cnc4c(N)ccnc43)CC2O)SCOC(=O)OC(C)C)[C@@H](CO)O[C@H]1n1ccc(=O)[nH]c1=O.CO[C@H]1C(O[P@@](=O)(OC[C@H]2O[C@@H](n3cnc4c(N)ccnc43)CC2O)SCOC(=O)OC(C)C)[C@@H](CO)O[C@H]1n1ccc(=O)[nH]c1=O.CO[C@H]1C(O[P@](=O)(OC[C@H]2O[C@@H](n3cnc4c(N)ccnc43)CC2O)SCOC(=O)OC(C)C)[C@@H](CO)O[C@H]1n1ccc(=O)[nH]c1=O. The molecule has 15 heterocycles. The number of nitrogens with two attached hydrogens (primary N) is 3. The van der Waals surface area contributed by atoms with Crippen LogP contribution in [0.25, 0.3) is 33.5 Å². The Morgan fingerprint density at radius 1 is 0.404 bits per heavy atom.